The lowest BCUT2D eigenvalue weighted by atomic mass is 9.85. The Balaban J connectivity index is 1.26. The van der Waals surface area contributed by atoms with Crippen molar-refractivity contribution >= 4 is 32.3 Å². The molecule has 0 amide bonds. The SMILES string of the molecule is c1ccc(-c2ccc(-c3ccc(-c4ccc5c6ccccc6c6ccccc6c5c4)cc3-c3ccccc3)c(-c3ccccc3)c2)cc1. The van der Waals surface area contributed by atoms with E-state index in [1.807, 2.05) is 0 Å². The van der Waals surface area contributed by atoms with Crippen LogP contribution >= 0.6 is 0 Å². The van der Waals surface area contributed by atoms with Crippen molar-refractivity contribution in [3.8, 4) is 55.6 Å². The Morgan fingerprint density at radius 1 is 0.167 bits per heavy atom. The third-order valence-electron chi connectivity index (χ3n) is 9.68. The second kappa shape index (κ2) is 11.8. The fourth-order valence-corrected chi connectivity index (χ4v) is 7.35. The van der Waals surface area contributed by atoms with Crippen molar-refractivity contribution in [2.75, 3.05) is 0 Å². The van der Waals surface area contributed by atoms with E-state index in [4.69, 9.17) is 0 Å². The summed E-state index contributed by atoms with van der Waals surface area (Å²) in [5, 5.41) is 7.76. The predicted molar refractivity (Wildman–Crippen MR) is 206 cm³/mol. The summed E-state index contributed by atoms with van der Waals surface area (Å²) in [6, 6.07) is 70.7. The summed E-state index contributed by atoms with van der Waals surface area (Å²) in [6.07, 6.45) is 0. The van der Waals surface area contributed by atoms with Crippen molar-refractivity contribution in [2.24, 2.45) is 0 Å². The molecule has 0 saturated heterocycles. The van der Waals surface area contributed by atoms with Crippen LogP contribution in [0.4, 0.5) is 0 Å². The second-order valence-corrected chi connectivity index (χ2v) is 12.5. The van der Waals surface area contributed by atoms with Gasteiger partial charge < -0.3 is 0 Å². The first kappa shape index (κ1) is 28.0. The van der Waals surface area contributed by atoms with Crippen LogP contribution in [0.1, 0.15) is 0 Å². The minimum Gasteiger partial charge on any atom is -0.0622 e. The first-order valence-corrected chi connectivity index (χ1v) is 16.6. The molecule has 9 aromatic carbocycles. The van der Waals surface area contributed by atoms with E-state index in [1.165, 1.54) is 88.0 Å². The Kier molecular flexibility index (Phi) is 6.91. The van der Waals surface area contributed by atoms with Crippen molar-refractivity contribution in [2.45, 2.75) is 0 Å². The third kappa shape index (κ3) is 4.87. The third-order valence-corrected chi connectivity index (χ3v) is 9.68. The van der Waals surface area contributed by atoms with Gasteiger partial charge in [0.25, 0.3) is 0 Å². The van der Waals surface area contributed by atoms with Gasteiger partial charge in [-0.25, -0.2) is 0 Å². The number of hydrogen-bond donors (Lipinski definition) is 0. The lowest BCUT2D eigenvalue weighted by Gasteiger charge is -2.18. The van der Waals surface area contributed by atoms with E-state index >= 15 is 0 Å². The van der Waals surface area contributed by atoms with E-state index in [9.17, 15) is 0 Å². The van der Waals surface area contributed by atoms with Gasteiger partial charge in [-0.15, -0.1) is 0 Å². The van der Waals surface area contributed by atoms with Crippen LogP contribution in [-0.4, -0.2) is 0 Å². The van der Waals surface area contributed by atoms with Crippen molar-refractivity contribution in [1.29, 1.82) is 0 Å². The second-order valence-electron chi connectivity index (χ2n) is 12.5. The quantitative estimate of drug-likeness (QED) is 0.171. The Labute approximate surface area is 281 Å². The Morgan fingerprint density at radius 3 is 0.979 bits per heavy atom. The van der Waals surface area contributed by atoms with E-state index < -0.39 is 0 Å². The van der Waals surface area contributed by atoms with E-state index in [-0.39, 0.29) is 0 Å². The molecule has 9 aromatic rings. The summed E-state index contributed by atoms with van der Waals surface area (Å²) in [5.74, 6) is 0. The van der Waals surface area contributed by atoms with E-state index in [1.54, 1.807) is 0 Å². The molecule has 0 spiro atoms. The molecule has 0 saturated carbocycles. The minimum atomic E-state index is 1.21. The Hall–Kier alpha value is -6.24. The zero-order valence-corrected chi connectivity index (χ0v) is 26.5. The van der Waals surface area contributed by atoms with Crippen LogP contribution in [0, 0.1) is 0 Å². The van der Waals surface area contributed by atoms with Crippen LogP contribution in [0.2, 0.25) is 0 Å². The normalized spacial score (nSPS) is 11.3. The maximum absolute atomic E-state index is 2.39. The van der Waals surface area contributed by atoms with Crippen molar-refractivity contribution < 1.29 is 0 Å². The van der Waals surface area contributed by atoms with Crippen LogP contribution in [-0.2, 0) is 0 Å². The lowest BCUT2D eigenvalue weighted by Crippen LogP contribution is -1.92. The average Bonchev–Trinajstić information content (AvgIpc) is 3.18. The van der Waals surface area contributed by atoms with Gasteiger partial charge in [0.2, 0.25) is 0 Å². The smallest absolute Gasteiger partial charge is 0.00928 e. The van der Waals surface area contributed by atoms with Crippen LogP contribution in [0.25, 0.3) is 88.0 Å². The highest BCUT2D eigenvalue weighted by atomic mass is 14.2. The van der Waals surface area contributed by atoms with Gasteiger partial charge in [0.05, 0.1) is 0 Å². The largest absolute Gasteiger partial charge is 0.0622 e. The Bertz CT molecular complexity index is 2540. The van der Waals surface area contributed by atoms with Gasteiger partial charge in [0.1, 0.15) is 0 Å². The molecular formula is C48H32. The van der Waals surface area contributed by atoms with Crippen LogP contribution in [0.15, 0.2) is 194 Å². The predicted octanol–water partition coefficient (Wildman–Crippen LogP) is 13.5. The van der Waals surface area contributed by atoms with Gasteiger partial charge in [0.15, 0.2) is 0 Å². The summed E-state index contributed by atoms with van der Waals surface area (Å²) in [4.78, 5) is 0. The fraction of sp³-hybridized carbons (Fsp3) is 0. The molecule has 0 aliphatic carbocycles. The molecule has 0 nitrogen and oxygen atoms in total. The van der Waals surface area contributed by atoms with Crippen molar-refractivity contribution in [1.82, 2.24) is 0 Å². The highest BCUT2D eigenvalue weighted by Gasteiger charge is 2.16. The molecule has 0 radical (unpaired) electrons. The summed E-state index contributed by atoms with van der Waals surface area (Å²) >= 11 is 0. The zero-order chi connectivity index (χ0) is 31.9. The number of fused-ring (bicyclic) bond motifs is 6. The molecule has 48 heavy (non-hydrogen) atoms. The van der Waals surface area contributed by atoms with Crippen molar-refractivity contribution in [3.05, 3.63) is 194 Å². The standard InChI is InChI=1S/C48H32/c1-4-14-33(15-5-1)36-24-27-43(46(30-36)34-16-6-2-7-17-34)44-28-25-37(31-47(44)35-18-8-3-9-19-35)38-26-29-45-41-22-11-10-20-39(41)40-21-12-13-23-42(40)48(45)32-38/h1-32H. The molecule has 0 heteroatoms. The Morgan fingerprint density at radius 2 is 0.500 bits per heavy atom. The zero-order valence-electron chi connectivity index (χ0n) is 26.5. The van der Waals surface area contributed by atoms with Crippen LogP contribution < -0.4 is 0 Å². The molecule has 0 bridgehead atoms. The summed E-state index contributed by atoms with van der Waals surface area (Å²) in [6.45, 7) is 0. The first-order chi connectivity index (χ1) is 23.8. The van der Waals surface area contributed by atoms with Gasteiger partial charge in [-0.05, 0) is 106 Å². The van der Waals surface area contributed by atoms with E-state index in [2.05, 4.69) is 194 Å². The number of rotatable bonds is 5. The van der Waals surface area contributed by atoms with Gasteiger partial charge in [-0.1, -0.05) is 176 Å². The van der Waals surface area contributed by atoms with Gasteiger partial charge >= 0.3 is 0 Å². The molecule has 0 heterocycles. The molecule has 224 valence electrons. The summed E-state index contributed by atoms with van der Waals surface area (Å²) in [7, 11) is 0. The highest BCUT2D eigenvalue weighted by molar-refractivity contribution is 6.25. The molecule has 0 aromatic heterocycles. The highest BCUT2D eigenvalue weighted by Crippen LogP contribution is 2.43. The number of benzene rings is 9. The van der Waals surface area contributed by atoms with Gasteiger partial charge in [0, 0.05) is 0 Å². The van der Waals surface area contributed by atoms with Gasteiger partial charge in [-0.2, -0.15) is 0 Å². The lowest BCUT2D eigenvalue weighted by molar-refractivity contribution is 1.54. The molecule has 0 aliphatic heterocycles. The molecule has 0 aliphatic rings. The molecule has 0 unspecified atom stereocenters. The van der Waals surface area contributed by atoms with Gasteiger partial charge in [-0.3, -0.25) is 0 Å². The van der Waals surface area contributed by atoms with Crippen LogP contribution in [0.3, 0.4) is 0 Å². The summed E-state index contributed by atoms with van der Waals surface area (Å²) < 4.78 is 0. The molecule has 0 atom stereocenters. The van der Waals surface area contributed by atoms with Crippen LogP contribution in [0.5, 0.6) is 0 Å². The topological polar surface area (TPSA) is 0 Å². The van der Waals surface area contributed by atoms with Crippen molar-refractivity contribution in [3.63, 3.8) is 0 Å². The minimum absolute atomic E-state index is 1.21. The number of hydrogen-bond acceptors (Lipinski definition) is 0. The molecule has 9 rings (SSSR count). The fourth-order valence-electron chi connectivity index (χ4n) is 7.35. The summed E-state index contributed by atoms with van der Waals surface area (Å²) in [5.41, 5.74) is 12.2. The average molecular weight is 609 g/mol. The maximum Gasteiger partial charge on any atom is -0.00928 e. The van der Waals surface area contributed by atoms with E-state index in [0.717, 1.165) is 0 Å². The first-order valence-electron chi connectivity index (χ1n) is 16.6. The molecular weight excluding hydrogens is 577 g/mol. The maximum atomic E-state index is 2.39. The van der Waals surface area contributed by atoms with E-state index in [0.29, 0.717) is 0 Å². The molecule has 0 fully saturated rings. The monoisotopic (exact) mass is 608 g/mol. The molecule has 0 N–H and O–H groups in total.